The van der Waals surface area contributed by atoms with Crippen molar-refractivity contribution in [3.63, 3.8) is 0 Å². The van der Waals surface area contributed by atoms with Crippen LogP contribution in [0.4, 0.5) is 14.5 Å². The van der Waals surface area contributed by atoms with E-state index >= 15 is 0 Å². The minimum absolute atomic E-state index is 0.00217. The molecule has 13 heteroatoms. The molecule has 0 saturated heterocycles. The highest BCUT2D eigenvalue weighted by Gasteiger charge is 2.28. The Kier molecular flexibility index (Phi) is 6.84. The zero-order valence-corrected chi connectivity index (χ0v) is 21.8. The van der Waals surface area contributed by atoms with E-state index in [1.165, 1.54) is 10.7 Å². The lowest BCUT2D eigenvalue weighted by Gasteiger charge is -2.16. The van der Waals surface area contributed by atoms with E-state index in [-0.39, 0.29) is 15.4 Å². The molecule has 0 aliphatic heterocycles. The Morgan fingerprint density at radius 1 is 1.22 bits per heavy atom. The number of thiophene rings is 1. The lowest BCUT2D eigenvalue weighted by Crippen LogP contribution is -2.26. The molecule has 4 heterocycles. The fourth-order valence-corrected chi connectivity index (χ4v) is 5.26. The highest BCUT2D eigenvalue weighted by molar-refractivity contribution is 7.21. The van der Waals surface area contributed by atoms with Crippen LogP contribution >= 0.6 is 22.9 Å². The number of amides is 2. The third-order valence-corrected chi connectivity index (χ3v) is 7.70. The molecule has 1 unspecified atom stereocenters. The second-order valence-electron chi connectivity index (χ2n) is 8.30. The monoisotopic (exact) mass is 535 g/mol. The number of nitrogens with two attached hydrogens (primary N) is 1. The summed E-state index contributed by atoms with van der Waals surface area (Å²) in [4.78, 5) is 29.9. The van der Waals surface area contributed by atoms with E-state index in [2.05, 4.69) is 20.5 Å². The fourth-order valence-electron chi connectivity index (χ4n) is 4.12. The number of halogens is 3. The SMILES string of the molecule is CCn1ncc(-c2cc(C(F)F)nc3sc(C(N)=O)c(NC(=O)C(C)n4nc(C)c(Cl)c4C)c23)c1C. The molecule has 0 saturated carbocycles. The summed E-state index contributed by atoms with van der Waals surface area (Å²) in [5, 5.41) is 12.2. The topological polar surface area (TPSA) is 121 Å². The van der Waals surface area contributed by atoms with Crippen molar-refractivity contribution in [2.75, 3.05) is 5.32 Å². The maximum absolute atomic E-state index is 13.7. The summed E-state index contributed by atoms with van der Waals surface area (Å²) in [6.07, 6.45) is -1.28. The van der Waals surface area contributed by atoms with Gasteiger partial charge in [0.15, 0.2) is 0 Å². The van der Waals surface area contributed by atoms with Crippen LogP contribution < -0.4 is 11.1 Å². The Hall–Kier alpha value is -3.38. The van der Waals surface area contributed by atoms with E-state index < -0.39 is 30.0 Å². The van der Waals surface area contributed by atoms with Crippen LogP contribution in [0.25, 0.3) is 21.3 Å². The molecule has 4 aromatic rings. The number of pyridine rings is 1. The zero-order chi connectivity index (χ0) is 26.5. The second-order valence-corrected chi connectivity index (χ2v) is 9.68. The minimum Gasteiger partial charge on any atom is -0.365 e. The summed E-state index contributed by atoms with van der Waals surface area (Å²) in [6.45, 7) is 9.39. The summed E-state index contributed by atoms with van der Waals surface area (Å²) >= 11 is 7.09. The summed E-state index contributed by atoms with van der Waals surface area (Å²) in [5.74, 6) is -1.31. The predicted octanol–water partition coefficient (Wildman–Crippen LogP) is 5.19. The van der Waals surface area contributed by atoms with E-state index in [1.54, 1.807) is 31.6 Å². The number of primary amides is 1. The van der Waals surface area contributed by atoms with E-state index in [9.17, 15) is 18.4 Å². The van der Waals surface area contributed by atoms with Crippen LogP contribution in [0.5, 0.6) is 0 Å². The quantitative estimate of drug-likeness (QED) is 0.337. The van der Waals surface area contributed by atoms with Gasteiger partial charge in [-0.15, -0.1) is 11.3 Å². The van der Waals surface area contributed by atoms with Crippen molar-refractivity contribution in [1.82, 2.24) is 24.5 Å². The molecule has 0 aromatic carbocycles. The Morgan fingerprint density at radius 3 is 2.44 bits per heavy atom. The van der Waals surface area contributed by atoms with Gasteiger partial charge in [0.2, 0.25) is 5.91 Å². The zero-order valence-electron chi connectivity index (χ0n) is 20.2. The van der Waals surface area contributed by atoms with Crippen molar-refractivity contribution >= 4 is 50.7 Å². The van der Waals surface area contributed by atoms with Gasteiger partial charge < -0.3 is 11.1 Å². The molecule has 2 amide bonds. The average Bonchev–Trinajstić information content (AvgIpc) is 3.47. The van der Waals surface area contributed by atoms with Crippen molar-refractivity contribution < 1.29 is 18.4 Å². The Morgan fingerprint density at radius 2 is 1.92 bits per heavy atom. The van der Waals surface area contributed by atoms with Crippen LogP contribution in [0.1, 0.15) is 58.8 Å². The molecule has 0 radical (unpaired) electrons. The first-order valence-electron chi connectivity index (χ1n) is 11.1. The van der Waals surface area contributed by atoms with Gasteiger partial charge in [-0.25, -0.2) is 13.8 Å². The van der Waals surface area contributed by atoms with Gasteiger partial charge in [0.1, 0.15) is 21.4 Å². The molecule has 0 aliphatic carbocycles. The van der Waals surface area contributed by atoms with Crippen molar-refractivity contribution in [2.24, 2.45) is 5.73 Å². The fraction of sp³-hybridized carbons (Fsp3) is 0.348. The number of hydrogen-bond donors (Lipinski definition) is 2. The maximum atomic E-state index is 13.7. The van der Waals surface area contributed by atoms with Gasteiger partial charge in [-0.2, -0.15) is 10.2 Å². The molecule has 190 valence electrons. The van der Waals surface area contributed by atoms with Gasteiger partial charge in [-0.1, -0.05) is 11.6 Å². The molecule has 4 aromatic heterocycles. The Labute approximate surface area is 214 Å². The minimum atomic E-state index is -2.84. The number of rotatable bonds is 7. The van der Waals surface area contributed by atoms with Crippen LogP contribution in [0.3, 0.4) is 0 Å². The number of aryl methyl sites for hydroxylation is 2. The number of alkyl halides is 2. The van der Waals surface area contributed by atoms with Crippen LogP contribution in [0.15, 0.2) is 12.3 Å². The second kappa shape index (κ2) is 9.58. The van der Waals surface area contributed by atoms with Gasteiger partial charge in [0.25, 0.3) is 12.3 Å². The number of fused-ring (bicyclic) bond motifs is 1. The lowest BCUT2D eigenvalue weighted by molar-refractivity contribution is -0.119. The number of carbonyl (C=O) groups is 2. The van der Waals surface area contributed by atoms with E-state index in [1.807, 2.05) is 13.8 Å². The lowest BCUT2D eigenvalue weighted by atomic mass is 10.0. The van der Waals surface area contributed by atoms with Crippen molar-refractivity contribution in [3.8, 4) is 11.1 Å². The molecule has 3 N–H and O–H groups in total. The highest BCUT2D eigenvalue weighted by atomic mass is 35.5. The third kappa shape index (κ3) is 4.24. The van der Waals surface area contributed by atoms with E-state index in [4.69, 9.17) is 17.3 Å². The molecule has 1 atom stereocenters. The third-order valence-electron chi connectivity index (χ3n) is 6.05. The summed E-state index contributed by atoms with van der Waals surface area (Å²) < 4.78 is 30.7. The number of anilines is 1. The smallest absolute Gasteiger partial charge is 0.280 e. The number of aromatic nitrogens is 5. The average molecular weight is 536 g/mol. The standard InChI is InChI=1S/C23H24ClF2N7O2S/c1-6-32-10(3)14(8-28-32)13-7-15(20(25)26)29-23-16(13)18(19(36-23)21(27)34)30-22(35)12(5)33-11(4)17(24)9(2)31-33/h7-8,12,20H,6H2,1-5H3,(H2,27,34)(H,30,35). The van der Waals surface area contributed by atoms with E-state index in [0.29, 0.717) is 39.5 Å². The first-order valence-corrected chi connectivity index (χ1v) is 12.3. The molecule has 9 nitrogen and oxygen atoms in total. The predicted molar refractivity (Wildman–Crippen MR) is 135 cm³/mol. The molecular formula is C23H24ClF2N7O2S. The Bertz CT molecular complexity index is 1510. The van der Waals surface area contributed by atoms with Gasteiger partial charge >= 0.3 is 0 Å². The van der Waals surface area contributed by atoms with Crippen LogP contribution in [0.2, 0.25) is 5.02 Å². The molecule has 0 spiro atoms. The Balaban J connectivity index is 1.92. The number of nitrogens with one attached hydrogen (secondary N) is 1. The van der Waals surface area contributed by atoms with E-state index in [0.717, 1.165) is 17.0 Å². The van der Waals surface area contributed by atoms with Gasteiger partial charge in [-0.3, -0.25) is 19.0 Å². The van der Waals surface area contributed by atoms with Crippen LogP contribution in [0, 0.1) is 20.8 Å². The number of carbonyl (C=O) groups excluding carboxylic acids is 2. The normalized spacial score (nSPS) is 12.5. The van der Waals surface area contributed by atoms with Crippen molar-refractivity contribution in [1.29, 1.82) is 0 Å². The molecule has 0 fully saturated rings. The largest absolute Gasteiger partial charge is 0.365 e. The molecule has 4 rings (SSSR count). The van der Waals surface area contributed by atoms with Crippen LogP contribution in [-0.2, 0) is 11.3 Å². The first kappa shape index (κ1) is 25.7. The molecule has 0 aliphatic rings. The molecule has 0 bridgehead atoms. The molecule has 36 heavy (non-hydrogen) atoms. The van der Waals surface area contributed by atoms with Crippen molar-refractivity contribution in [2.45, 2.75) is 53.6 Å². The first-order chi connectivity index (χ1) is 17.0. The van der Waals surface area contributed by atoms with Crippen LogP contribution in [-0.4, -0.2) is 36.4 Å². The summed E-state index contributed by atoms with van der Waals surface area (Å²) in [7, 11) is 0. The van der Waals surface area contributed by atoms with Gasteiger partial charge in [0, 0.05) is 23.2 Å². The number of nitrogens with zero attached hydrogens (tertiary/aromatic N) is 5. The summed E-state index contributed by atoms with van der Waals surface area (Å²) in [6, 6.07) is 0.460. The maximum Gasteiger partial charge on any atom is 0.280 e. The summed E-state index contributed by atoms with van der Waals surface area (Å²) in [5.41, 5.74) is 8.14. The van der Waals surface area contributed by atoms with Gasteiger partial charge in [0.05, 0.1) is 28.3 Å². The number of hydrogen-bond acceptors (Lipinski definition) is 6. The van der Waals surface area contributed by atoms with Gasteiger partial charge in [-0.05, 0) is 46.2 Å². The molecular weight excluding hydrogens is 512 g/mol. The highest BCUT2D eigenvalue weighted by Crippen LogP contribution is 2.43. The van der Waals surface area contributed by atoms with Crippen molar-refractivity contribution in [3.05, 3.63) is 44.9 Å².